The number of H-pyrrole nitrogens is 1. The van der Waals surface area contributed by atoms with Gasteiger partial charge in [0.1, 0.15) is 0 Å². The summed E-state index contributed by atoms with van der Waals surface area (Å²) < 4.78 is 26.3. The van der Waals surface area contributed by atoms with Crippen LogP contribution in [0.25, 0.3) is 11.0 Å². The van der Waals surface area contributed by atoms with Crippen LogP contribution in [0.5, 0.6) is 0 Å². The minimum absolute atomic E-state index is 0.431. The van der Waals surface area contributed by atoms with E-state index in [-0.39, 0.29) is 0 Å². The van der Waals surface area contributed by atoms with Gasteiger partial charge in [0, 0.05) is 50.6 Å². The summed E-state index contributed by atoms with van der Waals surface area (Å²) in [5.41, 5.74) is 0.932. The van der Waals surface area contributed by atoms with Crippen LogP contribution in [0.15, 0.2) is 17.3 Å². The van der Waals surface area contributed by atoms with Crippen molar-refractivity contribution < 1.29 is 13.6 Å². The summed E-state index contributed by atoms with van der Waals surface area (Å²) in [4.78, 5) is 21.9. The molecule has 8 heteroatoms. The van der Waals surface area contributed by atoms with E-state index < -0.39 is 11.6 Å². The molecule has 0 radical (unpaired) electrons. The maximum Gasteiger partial charge on any atom is 0.209 e. The lowest BCUT2D eigenvalue weighted by Gasteiger charge is -2.32. The highest BCUT2D eigenvalue weighted by Gasteiger charge is 2.15. The Bertz CT molecular complexity index is 631. The number of halogens is 2. The first kappa shape index (κ1) is 15.2. The number of carbonyl (C=O) groups is 1. The van der Waals surface area contributed by atoms with Crippen molar-refractivity contribution in [1.29, 1.82) is 0 Å². The van der Waals surface area contributed by atoms with Gasteiger partial charge in [0.25, 0.3) is 0 Å². The van der Waals surface area contributed by atoms with Crippen molar-refractivity contribution in [2.45, 2.75) is 5.16 Å². The van der Waals surface area contributed by atoms with Crippen LogP contribution in [0.1, 0.15) is 0 Å². The number of nitrogens with one attached hydrogen (secondary N) is 1. The van der Waals surface area contributed by atoms with Crippen LogP contribution in [0, 0.1) is 11.6 Å². The molecule has 0 bridgehead atoms. The molecule has 0 saturated carbocycles. The van der Waals surface area contributed by atoms with Crippen molar-refractivity contribution in [1.82, 2.24) is 19.8 Å². The van der Waals surface area contributed by atoms with E-state index in [4.69, 9.17) is 0 Å². The van der Waals surface area contributed by atoms with Crippen LogP contribution in [-0.2, 0) is 4.79 Å². The van der Waals surface area contributed by atoms with Gasteiger partial charge in [-0.3, -0.25) is 9.69 Å². The molecule has 22 heavy (non-hydrogen) atoms. The molecular weight excluding hydrogens is 310 g/mol. The number of aromatic nitrogens is 2. The van der Waals surface area contributed by atoms with Crippen LogP contribution in [-0.4, -0.2) is 64.7 Å². The monoisotopic (exact) mass is 326 g/mol. The van der Waals surface area contributed by atoms with E-state index in [2.05, 4.69) is 14.9 Å². The number of hydrogen-bond donors (Lipinski definition) is 1. The molecule has 2 aromatic rings. The minimum Gasteiger partial charge on any atom is -0.343 e. The molecule has 1 amide bonds. The first-order valence-electron chi connectivity index (χ1n) is 7.05. The average molecular weight is 326 g/mol. The van der Waals surface area contributed by atoms with E-state index in [0.29, 0.717) is 16.2 Å². The summed E-state index contributed by atoms with van der Waals surface area (Å²) in [6.45, 7) is 4.15. The van der Waals surface area contributed by atoms with Crippen molar-refractivity contribution in [3.05, 3.63) is 23.8 Å². The van der Waals surface area contributed by atoms with Crippen LogP contribution in [0.3, 0.4) is 0 Å². The smallest absolute Gasteiger partial charge is 0.209 e. The number of benzene rings is 1. The quantitative estimate of drug-likeness (QED) is 0.671. The SMILES string of the molecule is O=CN1CCN(CCSc2nc3cc(F)c(F)cc3[nH]2)CC1. The first-order chi connectivity index (χ1) is 10.7. The normalized spacial score (nSPS) is 16.4. The van der Waals surface area contributed by atoms with Crippen LogP contribution in [0.4, 0.5) is 8.78 Å². The molecule has 3 rings (SSSR count). The number of thioether (sulfide) groups is 1. The molecule has 0 aliphatic carbocycles. The molecule has 1 saturated heterocycles. The molecule has 5 nitrogen and oxygen atoms in total. The molecule has 1 aliphatic heterocycles. The fourth-order valence-corrected chi connectivity index (χ4v) is 3.30. The molecule has 0 spiro atoms. The number of nitrogens with zero attached hydrogens (tertiary/aromatic N) is 3. The van der Waals surface area contributed by atoms with Gasteiger partial charge in [-0.2, -0.15) is 0 Å². The van der Waals surface area contributed by atoms with Crippen molar-refractivity contribution in [2.75, 3.05) is 38.5 Å². The highest BCUT2D eigenvalue weighted by molar-refractivity contribution is 7.99. The lowest BCUT2D eigenvalue weighted by molar-refractivity contribution is -0.119. The Morgan fingerprint density at radius 3 is 2.68 bits per heavy atom. The third kappa shape index (κ3) is 3.38. The number of fused-ring (bicyclic) bond motifs is 1. The highest BCUT2D eigenvalue weighted by atomic mass is 32.2. The molecule has 1 N–H and O–H groups in total. The standard InChI is InChI=1S/C14H16F2N4OS/c15-10-7-12-13(8-11(10)16)18-14(17-12)22-6-5-19-1-3-20(9-21)4-2-19/h7-9H,1-6H2,(H,17,18). The molecule has 1 fully saturated rings. The Balaban J connectivity index is 1.53. The van der Waals surface area contributed by atoms with Crippen LogP contribution in [0.2, 0.25) is 0 Å². The van der Waals surface area contributed by atoms with Gasteiger partial charge in [0.05, 0.1) is 11.0 Å². The molecule has 0 atom stereocenters. The number of imidazole rings is 1. The Hall–Kier alpha value is -1.67. The highest BCUT2D eigenvalue weighted by Crippen LogP contribution is 2.21. The number of hydrogen-bond acceptors (Lipinski definition) is 4. The third-order valence-electron chi connectivity index (χ3n) is 3.70. The lowest BCUT2D eigenvalue weighted by atomic mass is 10.3. The van der Waals surface area contributed by atoms with E-state index in [1.54, 1.807) is 4.90 Å². The fraction of sp³-hybridized carbons (Fsp3) is 0.429. The first-order valence-corrected chi connectivity index (χ1v) is 8.03. The third-order valence-corrected chi connectivity index (χ3v) is 4.56. The summed E-state index contributed by atoms with van der Waals surface area (Å²) in [6, 6.07) is 2.23. The topological polar surface area (TPSA) is 52.2 Å². The van der Waals surface area contributed by atoms with E-state index >= 15 is 0 Å². The number of aromatic amines is 1. The number of piperazine rings is 1. The van der Waals surface area contributed by atoms with E-state index in [1.165, 1.54) is 11.8 Å². The van der Waals surface area contributed by atoms with Gasteiger partial charge in [0.15, 0.2) is 16.8 Å². The van der Waals surface area contributed by atoms with E-state index in [1.807, 2.05) is 0 Å². The summed E-state index contributed by atoms with van der Waals surface area (Å²) in [7, 11) is 0. The Kier molecular flexibility index (Phi) is 4.58. The summed E-state index contributed by atoms with van der Waals surface area (Å²) in [6.07, 6.45) is 0.888. The van der Waals surface area contributed by atoms with Gasteiger partial charge in [-0.1, -0.05) is 11.8 Å². The molecule has 118 valence electrons. The molecular formula is C14H16F2N4OS. The van der Waals surface area contributed by atoms with Crippen molar-refractivity contribution >= 4 is 29.2 Å². The Morgan fingerprint density at radius 2 is 1.95 bits per heavy atom. The van der Waals surface area contributed by atoms with Gasteiger partial charge in [-0.05, 0) is 0 Å². The van der Waals surface area contributed by atoms with Crippen molar-refractivity contribution in [3.8, 4) is 0 Å². The van der Waals surface area contributed by atoms with Gasteiger partial charge in [0.2, 0.25) is 6.41 Å². The second-order valence-corrected chi connectivity index (χ2v) is 6.24. The second-order valence-electron chi connectivity index (χ2n) is 5.16. The molecule has 1 aromatic heterocycles. The summed E-state index contributed by atoms with van der Waals surface area (Å²) in [5, 5.41) is 0.659. The minimum atomic E-state index is -0.886. The van der Waals surface area contributed by atoms with Gasteiger partial charge in [-0.15, -0.1) is 0 Å². The molecule has 2 heterocycles. The number of rotatable bonds is 5. The van der Waals surface area contributed by atoms with E-state index in [0.717, 1.165) is 57.0 Å². The van der Waals surface area contributed by atoms with Crippen molar-refractivity contribution in [3.63, 3.8) is 0 Å². The Morgan fingerprint density at radius 1 is 1.23 bits per heavy atom. The largest absolute Gasteiger partial charge is 0.343 e. The van der Waals surface area contributed by atoms with Gasteiger partial charge in [-0.25, -0.2) is 13.8 Å². The van der Waals surface area contributed by atoms with Gasteiger partial charge < -0.3 is 9.88 Å². The maximum atomic E-state index is 13.1. The predicted octanol–water partition coefficient (Wildman–Crippen LogP) is 1.71. The maximum absolute atomic E-state index is 13.1. The second kappa shape index (κ2) is 6.62. The fourth-order valence-electron chi connectivity index (χ4n) is 2.41. The van der Waals surface area contributed by atoms with Gasteiger partial charge >= 0.3 is 0 Å². The predicted molar refractivity (Wildman–Crippen MR) is 80.8 cm³/mol. The number of amides is 1. The average Bonchev–Trinajstić information content (AvgIpc) is 2.90. The van der Waals surface area contributed by atoms with Crippen LogP contribution < -0.4 is 0 Å². The summed E-state index contributed by atoms with van der Waals surface area (Å²) >= 11 is 1.52. The Labute approximate surface area is 130 Å². The molecule has 1 aromatic carbocycles. The molecule has 0 unspecified atom stereocenters. The number of carbonyl (C=O) groups excluding carboxylic acids is 1. The zero-order valence-corrected chi connectivity index (χ0v) is 12.7. The zero-order valence-electron chi connectivity index (χ0n) is 11.9. The van der Waals surface area contributed by atoms with E-state index in [9.17, 15) is 13.6 Å². The zero-order chi connectivity index (χ0) is 15.5. The van der Waals surface area contributed by atoms with Crippen molar-refractivity contribution in [2.24, 2.45) is 0 Å². The molecule has 1 aliphatic rings. The summed E-state index contributed by atoms with van der Waals surface area (Å²) in [5.74, 6) is -0.935. The van der Waals surface area contributed by atoms with Crippen LogP contribution >= 0.6 is 11.8 Å². The lowest BCUT2D eigenvalue weighted by Crippen LogP contribution is -2.46.